The number of halogens is 3. The number of carbonyl (C=O) groups excluding carboxylic acids is 1. The molecule has 0 atom stereocenters. The Morgan fingerprint density at radius 1 is 1.08 bits per heavy atom. The van der Waals surface area contributed by atoms with Gasteiger partial charge in [0.1, 0.15) is 19.0 Å². The Balaban J connectivity index is 1.45. The number of hydrazone groups is 1. The van der Waals surface area contributed by atoms with Crippen LogP contribution in [0.1, 0.15) is 36.5 Å². The zero-order valence-corrected chi connectivity index (χ0v) is 21.9. The van der Waals surface area contributed by atoms with Gasteiger partial charge in [0.05, 0.1) is 12.7 Å². The number of amides is 1. The average Bonchev–Trinajstić information content (AvgIpc) is 3.29. The highest BCUT2D eigenvalue weighted by Crippen LogP contribution is 2.36. The molecule has 1 amide bonds. The van der Waals surface area contributed by atoms with Crippen LogP contribution in [-0.4, -0.2) is 53.5 Å². The van der Waals surface area contributed by atoms with E-state index in [2.05, 4.69) is 30.0 Å². The monoisotopic (exact) mass is 546 g/mol. The van der Waals surface area contributed by atoms with Gasteiger partial charge in [-0.3, -0.25) is 10.2 Å². The van der Waals surface area contributed by atoms with Crippen LogP contribution in [-0.2, 0) is 4.79 Å². The first-order valence-corrected chi connectivity index (χ1v) is 12.4. The van der Waals surface area contributed by atoms with Gasteiger partial charge in [0.25, 0.3) is 5.91 Å². The van der Waals surface area contributed by atoms with Crippen LogP contribution in [0.3, 0.4) is 0 Å². The maximum Gasteiger partial charge on any atom is 0.441 e. The molecule has 200 valence electrons. The van der Waals surface area contributed by atoms with Crippen molar-refractivity contribution < 1.29 is 32.2 Å². The first kappa shape index (κ1) is 27.2. The molecule has 0 aliphatic carbocycles. The standard InChI is InChI=1S/C26H25F3N4O4S/c1-14(2)17-7-5-15(3)11-20(17)37-10-9-36-19-8-6-16(13-21(19)35-4)12-18-22(30)33-25(31-23(18)34)38-24(32-33)26(27,28)29/h5-8,11-14,30H,9-10H2,1-4H3/b18-12-,30-22?. The molecule has 2 heterocycles. The van der Waals surface area contributed by atoms with Crippen molar-refractivity contribution in [1.29, 1.82) is 5.41 Å². The Labute approximate surface area is 221 Å². The maximum absolute atomic E-state index is 13.0. The number of hydrogen-bond donors (Lipinski definition) is 1. The lowest BCUT2D eigenvalue weighted by Gasteiger charge is -2.20. The molecule has 0 fully saturated rings. The molecule has 8 nitrogen and oxygen atoms in total. The molecular formula is C26H25F3N4O4S. The summed E-state index contributed by atoms with van der Waals surface area (Å²) in [7, 11) is 1.45. The molecule has 0 saturated carbocycles. The van der Waals surface area contributed by atoms with E-state index in [1.807, 2.05) is 19.1 Å². The van der Waals surface area contributed by atoms with Gasteiger partial charge >= 0.3 is 6.18 Å². The number of thioether (sulfide) groups is 1. The fraction of sp³-hybridized carbons (Fsp3) is 0.308. The Morgan fingerprint density at radius 2 is 1.79 bits per heavy atom. The van der Waals surface area contributed by atoms with E-state index in [1.54, 1.807) is 18.2 Å². The highest BCUT2D eigenvalue weighted by molar-refractivity contribution is 8.27. The van der Waals surface area contributed by atoms with Crippen LogP contribution in [0, 0.1) is 12.3 Å². The van der Waals surface area contributed by atoms with Gasteiger partial charge in [-0.25, -0.2) is 0 Å². The van der Waals surface area contributed by atoms with E-state index in [1.165, 1.54) is 13.2 Å². The summed E-state index contributed by atoms with van der Waals surface area (Å²) in [6, 6.07) is 10.9. The third kappa shape index (κ3) is 5.85. The van der Waals surface area contributed by atoms with Crippen LogP contribution in [0.15, 0.2) is 52.1 Å². The number of nitrogens with one attached hydrogen (secondary N) is 1. The number of aryl methyl sites for hydroxylation is 1. The Bertz CT molecular complexity index is 1370. The third-order valence-corrected chi connectivity index (χ3v) is 6.54. The van der Waals surface area contributed by atoms with Gasteiger partial charge in [-0.1, -0.05) is 32.0 Å². The fourth-order valence-electron chi connectivity index (χ4n) is 3.71. The van der Waals surface area contributed by atoms with Gasteiger partial charge in [0.15, 0.2) is 17.3 Å². The minimum atomic E-state index is -4.71. The Hall–Kier alpha value is -3.80. The van der Waals surface area contributed by atoms with Crippen molar-refractivity contribution in [2.45, 2.75) is 32.9 Å². The summed E-state index contributed by atoms with van der Waals surface area (Å²) in [5.74, 6) is 0.593. The molecule has 2 aromatic carbocycles. The predicted molar refractivity (Wildman–Crippen MR) is 140 cm³/mol. The zero-order chi connectivity index (χ0) is 27.6. The second-order valence-electron chi connectivity index (χ2n) is 8.73. The van der Waals surface area contributed by atoms with Gasteiger partial charge in [0, 0.05) is 0 Å². The second-order valence-corrected chi connectivity index (χ2v) is 9.68. The summed E-state index contributed by atoms with van der Waals surface area (Å²) in [6.45, 7) is 6.74. The summed E-state index contributed by atoms with van der Waals surface area (Å²) in [5.41, 5.74) is 2.46. The lowest BCUT2D eigenvalue weighted by molar-refractivity contribution is -0.114. The van der Waals surface area contributed by atoms with E-state index in [0.29, 0.717) is 34.6 Å². The first-order chi connectivity index (χ1) is 18.0. The molecule has 0 bridgehead atoms. The number of ether oxygens (including phenoxy) is 3. The number of alkyl halides is 3. The van der Waals surface area contributed by atoms with Crippen LogP contribution in [0.5, 0.6) is 17.2 Å². The lowest BCUT2D eigenvalue weighted by atomic mass is 10.0. The van der Waals surface area contributed by atoms with Crippen molar-refractivity contribution in [2.24, 2.45) is 10.1 Å². The number of rotatable bonds is 8. The molecule has 12 heteroatoms. The zero-order valence-electron chi connectivity index (χ0n) is 21.0. The van der Waals surface area contributed by atoms with Crippen molar-refractivity contribution >= 4 is 39.8 Å². The Kier molecular flexibility index (Phi) is 7.81. The number of benzene rings is 2. The van der Waals surface area contributed by atoms with E-state index in [9.17, 15) is 18.0 Å². The summed E-state index contributed by atoms with van der Waals surface area (Å²) in [5, 5.41) is 10.8. The molecule has 2 aromatic rings. The normalized spacial score (nSPS) is 16.5. The summed E-state index contributed by atoms with van der Waals surface area (Å²) >= 11 is 0.201. The van der Waals surface area contributed by atoms with E-state index >= 15 is 0 Å². The highest BCUT2D eigenvalue weighted by atomic mass is 32.2. The largest absolute Gasteiger partial charge is 0.493 e. The molecule has 0 aromatic heterocycles. The van der Waals surface area contributed by atoms with Crippen molar-refractivity contribution in [3.63, 3.8) is 0 Å². The molecule has 1 N–H and O–H groups in total. The molecule has 0 spiro atoms. The fourth-order valence-corrected chi connectivity index (χ4v) is 4.47. The predicted octanol–water partition coefficient (Wildman–Crippen LogP) is 5.77. The number of fused-ring (bicyclic) bond motifs is 1. The van der Waals surface area contributed by atoms with Gasteiger partial charge in [-0.15, -0.1) is 0 Å². The van der Waals surface area contributed by atoms with Crippen LogP contribution in [0.2, 0.25) is 0 Å². The SMILES string of the molecule is COc1cc(/C=C2/C(=N)N3N=C(C(F)(F)F)SC3=NC2=O)ccc1OCCOc1cc(C)ccc1C(C)C. The van der Waals surface area contributed by atoms with Crippen LogP contribution in [0.25, 0.3) is 6.08 Å². The van der Waals surface area contributed by atoms with Crippen molar-refractivity contribution in [3.05, 3.63) is 58.7 Å². The third-order valence-electron chi connectivity index (χ3n) is 5.59. The number of hydrogen-bond acceptors (Lipinski definition) is 7. The smallest absolute Gasteiger partial charge is 0.441 e. The van der Waals surface area contributed by atoms with E-state index in [4.69, 9.17) is 19.6 Å². The summed E-state index contributed by atoms with van der Waals surface area (Å²) in [6.07, 6.45) is -3.36. The highest BCUT2D eigenvalue weighted by Gasteiger charge is 2.46. The van der Waals surface area contributed by atoms with E-state index < -0.39 is 23.0 Å². The minimum absolute atomic E-state index is 0.201. The van der Waals surface area contributed by atoms with E-state index in [-0.39, 0.29) is 29.1 Å². The molecule has 38 heavy (non-hydrogen) atoms. The maximum atomic E-state index is 13.0. The first-order valence-electron chi connectivity index (χ1n) is 11.6. The van der Waals surface area contributed by atoms with Crippen molar-refractivity contribution in [3.8, 4) is 17.2 Å². The molecule has 2 aliphatic heterocycles. The summed E-state index contributed by atoms with van der Waals surface area (Å²) in [4.78, 5) is 16.1. The van der Waals surface area contributed by atoms with Gasteiger partial charge in [-0.05, 0) is 65.6 Å². The molecular weight excluding hydrogens is 521 g/mol. The average molecular weight is 547 g/mol. The molecule has 2 aliphatic rings. The van der Waals surface area contributed by atoms with Crippen LogP contribution in [0.4, 0.5) is 13.2 Å². The van der Waals surface area contributed by atoms with Gasteiger partial charge in [0.2, 0.25) is 10.2 Å². The lowest BCUT2D eigenvalue weighted by Crippen LogP contribution is -2.35. The van der Waals surface area contributed by atoms with Gasteiger partial charge in [-0.2, -0.15) is 28.3 Å². The van der Waals surface area contributed by atoms with Crippen LogP contribution < -0.4 is 14.2 Å². The quantitative estimate of drug-likeness (QED) is 0.334. The number of aliphatic imine (C=N–C) groups is 1. The topological polar surface area (TPSA) is 96.6 Å². The van der Waals surface area contributed by atoms with Crippen molar-refractivity contribution in [1.82, 2.24) is 5.01 Å². The number of methoxy groups -OCH3 is 1. The summed E-state index contributed by atoms with van der Waals surface area (Å²) < 4.78 is 56.2. The second kappa shape index (κ2) is 10.9. The molecule has 0 saturated heterocycles. The number of nitrogens with zero attached hydrogens (tertiary/aromatic N) is 3. The van der Waals surface area contributed by atoms with Crippen molar-refractivity contribution in [2.75, 3.05) is 20.3 Å². The van der Waals surface area contributed by atoms with Crippen LogP contribution >= 0.6 is 11.8 Å². The van der Waals surface area contributed by atoms with Gasteiger partial charge < -0.3 is 14.2 Å². The minimum Gasteiger partial charge on any atom is -0.493 e. The number of amidine groups is 2. The molecule has 0 unspecified atom stereocenters. The number of carbonyl (C=O) groups is 1. The van der Waals surface area contributed by atoms with E-state index in [0.717, 1.165) is 16.9 Å². The molecule has 0 radical (unpaired) electrons. The Morgan fingerprint density at radius 3 is 2.45 bits per heavy atom. The molecule has 4 rings (SSSR count).